The molecule has 2 amide bonds. The predicted molar refractivity (Wildman–Crippen MR) is 89.7 cm³/mol. The fourth-order valence-electron chi connectivity index (χ4n) is 3.55. The molecule has 7 heteroatoms. The minimum Gasteiger partial charge on any atom is -0.372 e. The first-order valence-corrected chi connectivity index (χ1v) is 8.91. The lowest BCUT2D eigenvalue weighted by Gasteiger charge is -2.38. The first-order valence-electron chi connectivity index (χ1n) is 8.91. The molecule has 4 atom stereocenters. The van der Waals surface area contributed by atoms with E-state index in [-0.39, 0.29) is 30.4 Å². The van der Waals surface area contributed by atoms with Crippen molar-refractivity contribution < 1.29 is 14.3 Å². The number of hydrogen-bond donors (Lipinski definition) is 1. The van der Waals surface area contributed by atoms with E-state index < -0.39 is 0 Å². The van der Waals surface area contributed by atoms with Gasteiger partial charge in [-0.2, -0.15) is 5.10 Å². The van der Waals surface area contributed by atoms with Crippen LogP contribution in [0, 0.1) is 0 Å². The lowest BCUT2D eigenvalue weighted by atomic mass is 9.98. The number of rotatable bonds is 3. The zero-order chi connectivity index (χ0) is 17.1. The Morgan fingerprint density at radius 3 is 2.79 bits per heavy atom. The van der Waals surface area contributed by atoms with E-state index in [0.29, 0.717) is 13.1 Å². The fraction of sp³-hybridized carbons (Fsp3) is 0.765. The molecule has 1 aromatic heterocycles. The van der Waals surface area contributed by atoms with Crippen molar-refractivity contribution in [2.75, 3.05) is 19.7 Å². The molecule has 0 bridgehead atoms. The van der Waals surface area contributed by atoms with Crippen LogP contribution in [0.15, 0.2) is 12.4 Å². The summed E-state index contributed by atoms with van der Waals surface area (Å²) < 4.78 is 13.5. The van der Waals surface area contributed by atoms with Gasteiger partial charge in [0.05, 0.1) is 24.4 Å². The Labute approximate surface area is 143 Å². The molecule has 0 saturated carbocycles. The molecule has 3 heterocycles. The lowest BCUT2D eigenvalue weighted by molar-refractivity contribution is -0.0568. The second-order valence-corrected chi connectivity index (χ2v) is 6.78. The smallest absolute Gasteiger partial charge is 0.317 e. The molecule has 2 aliphatic rings. The number of nitrogens with zero attached hydrogens (tertiary/aromatic N) is 3. The second kappa shape index (κ2) is 7.53. The third-order valence-corrected chi connectivity index (χ3v) is 4.64. The highest BCUT2D eigenvalue weighted by Gasteiger charge is 2.33. The summed E-state index contributed by atoms with van der Waals surface area (Å²) in [6, 6.07) is -0.0467. The Bertz CT molecular complexity index is 552. The van der Waals surface area contributed by atoms with E-state index in [0.717, 1.165) is 31.6 Å². The number of carbonyl (C=O) groups is 1. The van der Waals surface area contributed by atoms with Gasteiger partial charge in [0.1, 0.15) is 6.10 Å². The Morgan fingerprint density at radius 1 is 1.38 bits per heavy atom. The Hall–Kier alpha value is -1.60. The average Bonchev–Trinajstić information content (AvgIpc) is 3.03. The SMILES string of the molecule is CCn1cc([C@@H]2OCCC[C@H]2NC(=O)N2C[C@@H](C)O[C@@H](C)C2)cn1. The van der Waals surface area contributed by atoms with Crippen molar-refractivity contribution in [1.82, 2.24) is 20.0 Å². The molecule has 0 unspecified atom stereocenters. The van der Waals surface area contributed by atoms with Crippen LogP contribution in [0.5, 0.6) is 0 Å². The molecule has 134 valence electrons. The van der Waals surface area contributed by atoms with E-state index in [1.807, 2.05) is 35.8 Å². The van der Waals surface area contributed by atoms with Crippen molar-refractivity contribution >= 4 is 6.03 Å². The van der Waals surface area contributed by atoms with Crippen molar-refractivity contribution in [2.45, 2.75) is 64.5 Å². The van der Waals surface area contributed by atoms with E-state index in [4.69, 9.17) is 9.47 Å². The van der Waals surface area contributed by atoms with Crippen LogP contribution in [-0.2, 0) is 16.0 Å². The molecule has 2 fully saturated rings. The van der Waals surface area contributed by atoms with Crippen LogP contribution in [-0.4, -0.2) is 58.7 Å². The number of amides is 2. The third kappa shape index (κ3) is 3.89. The first-order chi connectivity index (χ1) is 11.6. The summed E-state index contributed by atoms with van der Waals surface area (Å²) in [6.45, 7) is 8.86. The zero-order valence-corrected chi connectivity index (χ0v) is 14.8. The third-order valence-electron chi connectivity index (χ3n) is 4.64. The molecule has 1 aromatic rings. The molecule has 0 spiro atoms. The highest BCUT2D eigenvalue weighted by molar-refractivity contribution is 5.74. The molecular formula is C17H28N4O3. The highest BCUT2D eigenvalue weighted by Crippen LogP contribution is 2.28. The number of nitrogens with one attached hydrogen (secondary N) is 1. The second-order valence-electron chi connectivity index (χ2n) is 6.78. The number of hydrogen-bond acceptors (Lipinski definition) is 4. The Kier molecular flexibility index (Phi) is 5.40. The predicted octanol–water partition coefficient (Wildman–Crippen LogP) is 1.94. The number of urea groups is 1. The number of morpholine rings is 1. The number of ether oxygens (including phenoxy) is 2. The minimum absolute atomic E-state index is 0.0192. The van der Waals surface area contributed by atoms with Crippen molar-refractivity contribution in [1.29, 1.82) is 0 Å². The van der Waals surface area contributed by atoms with Gasteiger partial charge in [-0.25, -0.2) is 4.79 Å². The average molecular weight is 336 g/mol. The van der Waals surface area contributed by atoms with Gasteiger partial charge in [0.15, 0.2) is 0 Å². The Balaban J connectivity index is 1.66. The van der Waals surface area contributed by atoms with E-state index in [2.05, 4.69) is 17.3 Å². The normalized spacial score (nSPS) is 31.0. The standard InChI is InChI=1S/C17H28N4O3/c1-4-21-11-14(8-18-21)16-15(6-5-7-23-16)19-17(22)20-9-12(2)24-13(3)10-20/h8,11-13,15-16H,4-7,9-10H2,1-3H3,(H,19,22)/t12-,13+,15-,16+/m1/s1. The molecule has 2 aliphatic heterocycles. The van der Waals surface area contributed by atoms with E-state index in [9.17, 15) is 4.79 Å². The van der Waals surface area contributed by atoms with Crippen molar-refractivity contribution in [3.05, 3.63) is 18.0 Å². The fourth-order valence-corrected chi connectivity index (χ4v) is 3.55. The lowest BCUT2D eigenvalue weighted by Crippen LogP contribution is -2.55. The largest absolute Gasteiger partial charge is 0.372 e. The maximum absolute atomic E-state index is 12.7. The van der Waals surface area contributed by atoms with Gasteiger partial charge >= 0.3 is 6.03 Å². The van der Waals surface area contributed by atoms with Crippen LogP contribution in [0.25, 0.3) is 0 Å². The molecule has 0 aliphatic carbocycles. The van der Waals surface area contributed by atoms with Gasteiger partial charge in [-0.1, -0.05) is 0 Å². The summed E-state index contributed by atoms with van der Waals surface area (Å²) in [4.78, 5) is 14.5. The maximum atomic E-state index is 12.7. The van der Waals surface area contributed by atoms with E-state index in [1.165, 1.54) is 0 Å². The molecule has 0 radical (unpaired) electrons. The molecule has 2 saturated heterocycles. The van der Waals surface area contributed by atoms with E-state index >= 15 is 0 Å². The van der Waals surface area contributed by atoms with Crippen molar-refractivity contribution in [3.8, 4) is 0 Å². The first kappa shape index (κ1) is 17.2. The van der Waals surface area contributed by atoms with Crippen LogP contribution in [0.1, 0.15) is 45.3 Å². The molecule has 24 heavy (non-hydrogen) atoms. The van der Waals surface area contributed by atoms with Crippen LogP contribution in [0.4, 0.5) is 4.79 Å². The number of aromatic nitrogens is 2. The number of aryl methyl sites for hydroxylation is 1. The highest BCUT2D eigenvalue weighted by atomic mass is 16.5. The molecule has 7 nitrogen and oxygen atoms in total. The van der Waals surface area contributed by atoms with Gasteiger partial charge in [-0.05, 0) is 33.6 Å². The molecule has 1 N–H and O–H groups in total. The van der Waals surface area contributed by atoms with Crippen molar-refractivity contribution in [2.24, 2.45) is 0 Å². The van der Waals surface area contributed by atoms with Gasteiger partial charge in [0, 0.05) is 38.0 Å². The minimum atomic E-state index is -0.126. The monoisotopic (exact) mass is 336 g/mol. The maximum Gasteiger partial charge on any atom is 0.317 e. The quantitative estimate of drug-likeness (QED) is 0.916. The van der Waals surface area contributed by atoms with Gasteiger partial charge in [0.25, 0.3) is 0 Å². The van der Waals surface area contributed by atoms with Crippen LogP contribution >= 0.6 is 0 Å². The zero-order valence-electron chi connectivity index (χ0n) is 14.8. The summed E-state index contributed by atoms with van der Waals surface area (Å²) >= 11 is 0. The topological polar surface area (TPSA) is 68.6 Å². The summed E-state index contributed by atoms with van der Waals surface area (Å²) in [6.07, 6.45) is 5.74. The van der Waals surface area contributed by atoms with E-state index in [1.54, 1.807) is 0 Å². The van der Waals surface area contributed by atoms with Gasteiger partial charge in [-0.3, -0.25) is 4.68 Å². The van der Waals surface area contributed by atoms with Gasteiger partial charge in [0.2, 0.25) is 0 Å². The summed E-state index contributed by atoms with van der Waals surface area (Å²) in [7, 11) is 0. The summed E-state index contributed by atoms with van der Waals surface area (Å²) in [5.74, 6) is 0. The number of carbonyl (C=O) groups excluding carboxylic acids is 1. The van der Waals surface area contributed by atoms with Crippen LogP contribution in [0.2, 0.25) is 0 Å². The van der Waals surface area contributed by atoms with Crippen molar-refractivity contribution in [3.63, 3.8) is 0 Å². The molecule has 3 rings (SSSR count). The molecular weight excluding hydrogens is 308 g/mol. The van der Waals surface area contributed by atoms with Gasteiger partial charge in [-0.15, -0.1) is 0 Å². The van der Waals surface area contributed by atoms with Gasteiger partial charge < -0.3 is 19.7 Å². The summed E-state index contributed by atoms with van der Waals surface area (Å²) in [5, 5.41) is 7.51. The van der Waals surface area contributed by atoms with Crippen LogP contribution in [0.3, 0.4) is 0 Å². The summed E-state index contributed by atoms with van der Waals surface area (Å²) in [5.41, 5.74) is 1.03. The van der Waals surface area contributed by atoms with Crippen LogP contribution < -0.4 is 5.32 Å². The Morgan fingerprint density at radius 2 is 2.12 bits per heavy atom. The molecule has 0 aromatic carbocycles.